The van der Waals surface area contributed by atoms with Crippen LogP contribution in [0.25, 0.3) is 0 Å². The predicted octanol–water partition coefficient (Wildman–Crippen LogP) is 1.95. The van der Waals surface area contributed by atoms with Gasteiger partial charge >= 0.3 is 0 Å². The second-order valence-electron chi connectivity index (χ2n) is 5.65. The number of hydrogen-bond acceptors (Lipinski definition) is 3. The molecule has 0 aromatic carbocycles. The van der Waals surface area contributed by atoms with Gasteiger partial charge in [-0.3, -0.25) is 9.48 Å². The number of nitrogens with zero attached hydrogens (tertiary/aromatic N) is 3. The Morgan fingerprint density at radius 1 is 1.45 bits per heavy atom. The van der Waals surface area contributed by atoms with Crippen LogP contribution in [-0.4, -0.2) is 40.2 Å². The quantitative estimate of drug-likeness (QED) is 0.865. The fourth-order valence-electron chi connectivity index (χ4n) is 2.77. The molecule has 20 heavy (non-hydrogen) atoms. The summed E-state index contributed by atoms with van der Waals surface area (Å²) >= 11 is 0. The minimum atomic E-state index is 0.251. The zero-order valence-corrected chi connectivity index (χ0v) is 12.8. The molecular weight excluding hydrogens is 252 g/mol. The zero-order valence-electron chi connectivity index (χ0n) is 12.8. The molecule has 0 radical (unpaired) electrons. The Kier molecular flexibility index (Phi) is 5.17. The minimum Gasteiger partial charge on any atom is -0.344 e. The lowest BCUT2D eigenvalue weighted by Gasteiger charge is -2.30. The number of piperidine rings is 1. The van der Waals surface area contributed by atoms with E-state index in [2.05, 4.69) is 41.2 Å². The lowest BCUT2D eigenvalue weighted by Crippen LogP contribution is -2.46. The van der Waals surface area contributed by atoms with Gasteiger partial charge in [-0.1, -0.05) is 13.8 Å². The molecule has 1 amide bonds. The van der Waals surface area contributed by atoms with E-state index in [0.717, 1.165) is 38.0 Å². The van der Waals surface area contributed by atoms with Gasteiger partial charge in [-0.05, 0) is 25.3 Å². The van der Waals surface area contributed by atoms with Crippen molar-refractivity contribution < 1.29 is 4.79 Å². The largest absolute Gasteiger partial charge is 0.344 e. The summed E-state index contributed by atoms with van der Waals surface area (Å²) in [6.07, 6.45) is 5.87. The maximum Gasteiger partial charge on any atom is 0.222 e. The molecule has 0 spiro atoms. The van der Waals surface area contributed by atoms with Gasteiger partial charge in [-0.2, -0.15) is 5.10 Å². The Balaban J connectivity index is 1.84. The fraction of sp³-hybridized carbons (Fsp3) is 0.733. The first-order valence-corrected chi connectivity index (χ1v) is 7.65. The van der Waals surface area contributed by atoms with E-state index in [9.17, 15) is 4.79 Å². The van der Waals surface area contributed by atoms with Crippen molar-refractivity contribution in [3.63, 3.8) is 0 Å². The molecule has 1 unspecified atom stereocenters. The van der Waals surface area contributed by atoms with Crippen LogP contribution in [0.4, 0.5) is 0 Å². The number of hydrogen-bond donors (Lipinski definition) is 1. The third-order valence-electron chi connectivity index (χ3n) is 4.18. The zero-order chi connectivity index (χ0) is 14.5. The fourth-order valence-corrected chi connectivity index (χ4v) is 2.77. The molecule has 0 bridgehead atoms. The summed E-state index contributed by atoms with van der Waals surface area (Å²) in [5.74, 6) is 0.251. The minimum absolute atomic E-state index is 0.251. The third-order valence-corrected chi connectivity index (χ3v) is 4.18. The molecule has 0 saturated carbocycles. The van der Waals surface area contributed by atoms with Gasteiger partial charge in [0.25, 0.3) is 0 Å². The van der Waals surface area contributed by atoms with Crippen molar-refractivity contribution in [2.75, 3.05) is 13.6 Å². The molecule has 1 atom stereocenters. The first-order chi connectivity index (χ1) is 9.63. The van der Waals surface area contributed by atoms with Crippen molar-refractivity contribution in [3.05, 3.63) is 18.0 Å². The van der Waals surface area contributed by atoms with E-state index in [-0.39, 0.29) is 5.91 Å². The molecule has 1 fully saturated rings. The van der Waals surface area contributed by atoms with Gasteiger partial charge in [0.2, 0.25) is 5.91 Å². The topological polar surface area (TPSA) is 50.2 Å². The highest BCUT2D eigenvalue weighted by Gasteiger charge is 2.22. The normalized spacial score (nSPS) is 19.9. The number of aromatic nitrogens is 2. The van der Waals surface area contributed by atoms with Crippen molar-refractivity contribution in [1.29, 1.82) is 0 Å². The van der Waals surface area contributed by atoms with Crippen LogP contribution in [0, 0.1) is 0 Å². The van der Waals surface area contributed by atoms with Crippen molar-refractivity contribution in [2.24, 2.45) is 0 Å². The number of rotatable bonds is 6. The van der Waals surface area contributed by atoms with Gasteiger partial charge in [-0.25, -0.2) is 0 Å². The first-order valence-electron chi connectivity index (χ1n) is 7.65. The monoisotopic (exact) mass is 278 g/mol. The summed E-state index contributed by atoms with van der Waals surface area (Å²) in [6.45, 7) is 5.97. The van der Waals surface area contributed by atoms with Crippen LogP contribution in [0.2, 0.25) is 0 Å². The van der Waals surface area contributed by atoms with Crippen LogP contribution in [0.1, 0.15) is 51.3 Å². The van der Waals surface area contributed by atoms with Crippen molar-refractivity contribution >= 4 is 5.91 Å². The van der Waals surface area contributed by atoms with Crippen LogP contribution < -0.4 is 5.32 Å². The molecule has 1 aromatic heterocycles. The number of amides is 1. The van der Waals surface area contributed by atoms with Crippen LogP contribution >= 0.6 is 0 Å². The highest BCUT2D eigenvalue weighted by atomic mass is 16.2. The van der Waals surface area contributed by atoms with Crippen LogP contribution in [0.3, 0.4) is 0 Å². The van der Waals surface area contributed by atoms with E-state index >= 15 is 0 Å². The molecule has 2 heterocycles. The van der Waals surface area contributed by atoms with Gasteiger partial charge in [0, 0.05) is 38.8 Å². The third kappa shape index (κ3) is 3.60. The molecule has 1 N–H and O–H groups in total. The average Bonchev–Trinajstić information content (AvgIpc) is 2.90. The number of likely N-dealkylation sites (tertiary alicyclic amines) is 1. The summed E-state index contributed by atoms with van der Waals surface area (Å²) in [5, 5.41) is 8.15. The molecule has 1 aliphatic heterocycles. The van der Waals surface area contributed by atoms with Crippen LogP contribution in [0.15, 0.2) is 12.3 Å². The Morgan fingerprint density at radius 2 is 2.20 bits per heavy atom. The number of carbonyl (C=O) groups is 1. The Hall–Kier alpha value is -1.36. The Bertz CT molecular complexity index is 439. The highest BCUT2D eigenvalue weighted by molar-refractivity contribution is 5.76. The van der Waals surface area contributed by atoms with Gasteiger partial charge < -0.3 is 10.2 Å². The van der Waals surface area contributed by atoms with Gasteiger partial charge in [0.15, 0.2) is 0 Å². The van der Waals surface area contributed by atoms with Gasteiger partial charge in [-0.15, -0.1) is 0 Å². The number of nitrogens with one attached hydrogen (secondary N) is 1. The SMILES string of the molecule is CCC(CC)n1ccc(CNC2CCC(=O)N(C)C2)n1. The van der Waals surface area contributed by atoms with E-state index in [1.807, 2.05) is 11.9 Å². The molecule has 1 aliphatic rings. The average molecular weight is 278 g/mol. The van der Waals surface area contributed by atoms with E-state index in [4.69, 9.17) is 0 Å². The lowest BCUT2D eigenvalue weighted by molar-refractivity contribution is -0.132. The lowest BCUT2D eigenvalue weighted by atomic mass is 10.1. The highest BCUT2D eigenvalue weighted by Crippen LogP contribution is 2.15. The molecular formula is C15H26N4O. The molecule has 1 aromatic rings. The van der Waals surface area contributed by atoms with E-state index in [0.29, 0.717) is 18.5 Å². The molecule has 2 rings (SSSR count). The summed E-state index contributed by atoms with van der Waals surface area (Å²) < 4.78 is 2.08. The molecule has 0 aliphatic carbocycles. The number of carbonyl (C=O) groups excluding carboxylic acids is 1. The smallest absolute Gasteiger partial charge is 0.222 e. The van der Waals surface area contributed by atoms with Gasteiger partial charge in [0.05, 0.1) is 11.7 Å². The second kappa shape index (κ2) is 6.88. The molecule has 112 valence electrons. The standard InChI is InChI=1S/C15H26N4O/c1-4-14(5-2)19-9-8-12(17-19)10-16-13-6-7-15(20)18(3)11-13/h8-9,13-14,16H,4-7,10-11H2,1-3H3. The maximum absolute atomic E-state index is 11.4. The predicted molar refractivity (Wildman–Crippen MR) is 79.3 cm³/mol. The molecule has 5 nitrogen and oxygen atoms in total. The Labute approximate surface area is 121 Å². The Morgan fingerprint density at radius 3 is 2.85 bits per heavy atom. The maximum atomic E-state index is 11.4. The van der Waals surface area contributed by atoms with Crippen LogP contribution in [0.5, 0.6) is 0 Å². The first kappa shape index (κ1) is 15.0. The van der Waals surface area contributed by atoms with E-state index < -0.39 is 0 Å². The summed E-state index contributed by atoms with van der Waals surface area (Å²) in [7, 11) is 1.87. The molecule has 1 saturated heterocycles. The number of likely N-dealkylation sites (N-methyl/N-ethyl adjacent to an activating group) is 1. The summed E-state index contributed by atoms with van der Waals surface area (Å²) in [5.41, 5.74) is 1.08. The van der Waals surface area contributed by atoms with Crippen molar-refractivity contribution in [1.82, 2.24) is 20.0 Å². The summed E-state index contributed by atoms with van der Waals surface area (Å²) in [6, 6.07) is 2.97. The van der Waals surface area contributed by atoms with Crippen LogP contribution in [-0.2, 0) is 11.3 Å². The van der Waals surface area contributed by atoms with Crippen molar-refractivity contribution in [3.8, 4) is 0 Å². The van der Waals surface area contributed by atoms with E-state index in [1.54, 1.807) is 0 Å². The van der Waals surface area contributed by atoms with E-state index in [1.165, 1.54) is 0 Å². The summed E-state index contributed by atoms with van der Waals surface area (Å²) in [4.78, 5) is 13.3. The molecule has 5 heteroatoms. The second-order valence-corrected chi connectivity index (χ2v) is 5.65. The van der Waals surface area contributed by atoms with Crippen molar-refractivity contribution in [2.45, 2.75) is 58.2 Å². The van der Waals surface area contributed by atoms with Gasteiger partial charge in [0.1, 0.15) is 0 Å².